The molecule has 0 heterocycles. The molecule has 0 saturated carbocycles. The van der Waals surface area contributed by atoms with Gasteiger partial charge in [-0.15, -0.1) is 0 Å². The first-order chi connectivity index (χ1) is 8.06. The molecular formula is C14H19NO2. The first kappa shape index (κ1) is 15.1. The molecule has 3 nitrogen and oxygen atoms in total. The third-order valence-electron chi connectivity index (χ3n) is 2.11. The Labute approximate surface area is 103 Å². The fraction of sp³-hybridized carbons (Fsp3) is 0.286. The van der Waals surface area contributed by atoms with Crippen LogP contribution in [0.2, 0.25) is 0 Å². The van der Waals surface area contributed by atoms with Gasteiger partial charge in [-0.1, -0.05) is 31.7 Å². The zero-order valence-corrected chi connectivity index (χ0v) is 10.6. The van der Waals surface area contributed by atoms with Crippen molar-refractivity contribution < 1.29 is 9.59 Å². The highest BCUT2D eigenvalue weighted by molar-refractivity contribution is 6.19. The van der Waals surface area contributed by atoms with E-state index in [4.69, 9.17) is 0 Å². The van der Waals surface area contributed by atoms with E-state index in [9.17, 15) is 9.59 Å². The van der Waals surface area contributed by atoms with Gasteiger partial charge in [-0.25, -0.2) is 0 Å². The molecule has 0 aromatic carbocycles. The van der Waals surface area contributed by atoms with Gasteiger partial charge >= 0.3 is 0 Å². The van der Waals surface area contributed by atoms with E-state index in [1.807, 2.05) is 13.0 Å². The standard InChI is InChI=1S/C14H19NO2/c1-5-8-9-12(6-2)15-10-13(11(4)16)14(17)7-3/h5-6,8-10,15H,1,7H2,2-4H3/b9-8-,12-6+,13-10-. The van der Waals surface area contributed by atoms with Crippen molar-refractivity contribution in [3.8, 4) is 0 Å². The van der Waals surface area contributed by atoms with Gasteiger partial charge in [-0.05, 0) is 19.9 Å². The predicted molar refractivity (Wildman–Crippen MR) is 70.3 cm³/mol. The average molecular weight is 233 g/mol. The number of carbonyl (C=O) groups is 2. The minimum Gasteiger partial charge on any atom is -0.361 e. The molecule has 1 N–H and O–H groups in total. The monoisotopic (exact) mass is 233 g/mol. The molecule has 0 radical (unpaired) electrons. The summed E-state index contributed by atoms with van der Waals surface area (Å²) >= 11 is 0. The zero-order valence-electron chi connectivity index (χ0n) is 10.6. The maximum absolute atomic E-state index is 11.5. The summed E-state index contributed by atoms with van der Waals surface area (Å²) in [5.41, 5.74) is 0.992. The molecule has 0 spiro atoms. The second-order valence-electron chi connectivity index (χ2n) is 3.37. The molecule has 0 fully saturated rings. The van der Waals surface area contributed by atoms with E-state index in [-0.39, 0.29) is 17.1 Å². The summed E-state index contributed by atoms with van der Waals surface area (Å²) in [6, 6.07) is 0. The fourth-order valence-corrected chi connectivity index (χ4v) is 1.12. The van der Waals surface area contributed by atoms with Crippen molar-refractivity contribution in [2.45, 2.75) is 27.2 Å². The number of ketones is 2. The van der Waals surface area contributed by atoms with Crippen LogP contribution < -0.4 is 5.32 Å². The van der Waals surface area contributed by atoms with Gasteiger partial charge in [0.05, 0.1) is 5.57 Å². The molecule has 0 atom stereocenters. The Morgan fingerprint density at radius 1 is 1.35 bits per heavy atom. The Morgan fingerprint density at radius 3 is 2.41 bits per heavy atom. The topological polar surface area (TPSA) is 46.2 Å². The van der Waals surface area contributed by atoms with E-state index in [1.165, 1.54) is 13.1 Å². The van der Waals surface area contributed by atoms with E-state index >= 15 is 0 Å². The number of Topliss-reactive ketones (excluding diaryl/α,β-unsaturated/α-hetero) is 2. The highest BCUT2D eigenvalue weighted by Crippen LogP contribution is 2.02. The fourth-order valence-electron chi connectivity index (χ4n) is 1.12. The Morgan fingerprint density at radius 2 is 2.00 bits per heavy atom. The Bertz CT molecular complexity index is 387. The lowest BCUT2D eigenvalue weighted by molar-refractivity contribution is -0.120. The van der Waals surface area contributed by atoms with Crippen LogP contribution in [0.25, 0.3) is 0 Å². The van der Waals surface area contributed by atoms with Crippen molar-refractivity contribution in [1.29, 1.82) is 0 Å². The molecule has 0 aliphatic carbocycles. The average Bonchev–Trinajstić information content (AvgIpc) is 2.32. The summed E-state index contributed by atoms with van der Waals surface area (Å²) in [6.07, 6.45) is 8.84. The van der Waals surface area contributed by atoms with Gasteiger partial charge in [0.2, 0.25) is 0 Å². The molecule has 92 valence electrons. The highest BCUT2D eigenvalue weighted by Gasteiger charge is 2.11. The van der Waals surface area contributed by atoms with Crippen LogP contribution in [0.1, 0.15) is 27.2 Å². The molecular weight excluding hydrogens is 214 g/mol. The molecule has 0 aliphatic rings. The number of allylic oxidation sites excluding steroid dienone is 5. The molecule has 0 saturated heterocycles. The van der Waals surface area contributed by atoms with Crippen molar-refractivity contribution in [3.05, 3.63) is 48.4 Å². The van der Waals surface area contributed by atoms with Crippen LogP contribution in [0.4, 0.5) is 0 Å². The zero-order chi connectivity index (χ0) is 13.3. The first-order valence-electron chi connectivity index (χ1n) is 5.53. The third kappa shape index (κ3) is 5.66. The van der Waals surface area contributed by atoms with Gasteiger partial charge in [0.15, 0.2) is 11.6 Å². The van der Waals surface area contributed by atoms with E-state index in [1.54, 1.807) is 25.2 Å². The lowest BCUT2D eigenvalue weighted by Crippen LogP contribution is -2.14. The number of hydrogen-bond donors (Lipinski definition) is 1. The summed E-state index contributed by atoms with van der Waals surface area (Å²) < 4.78 is 0. The van der Waals surface area contributed by atoms with Gasteiger partial charge in [-0.3, -0.25) is 9.59 Å². The normalized spacial score (nSPS) is 12.6. The summed E-state index contributed by atoms with van der Waals surface area (Å²) in [4.78, 5) is 22.8. The maximum atomic E-state index is 11.5. The number of hydrogen-bond acceptors (Lipinski definition) is 3. The van der Waals surface area contributed by atoms with Crippen LogP contribution >= 0.6 is 0 Å². The second kappa shape index (κ2) is 8.28. The second-order valence-corrected chi connectivity index (χ2v) is 3.37. The summed E-state index contributed by atoms with van der Waals surface area (Å²) in [5.74, 6) is -0.388. The van der Waals surface area contributed by atoms with Crippen LogP contribution in [0.5, 0.6) is 0 Å². The molecule has 0 aliphatic heterocycles. The minimum atomic E-state index is -0.229. The van der Waals surface area contributed by atoms with Crippen LogP contribution in [-0.2, 0) is 9.59 Å². The van der Waals surface area contributed by atoms with Crippen molar-refractivity contribution in [2.24, 2.45) is 0 Å². The molecule has 0 unspecified atom stereocenters. The minimum absolute atomic E-state index is 0.159. The largest absolute Gasteiger partial charge is 0.361 e. The molecule has 0 bridgehead atoms. The number of carbonyl (C=O) groups excluding carboxylic acids is 2. The van der Waals surface area contributed by atoms with Gasteiger partial charge < -0.3 is 5.32 Å². The summed E-state index contributed by atoms with van der Waals surface area (Å²) in [7, 11) is 0. The van der Waals surface area contributed by atoms with Crippen molar-refractivity contribution in [3.63, 3.8) is 0 Å². The highest BCUT2D eigenvalue weighted by atomic mass is 16.1. The van der Waals surface area contributed by atoms with Gasteiger partial charge in [-0.2, -0.15) is 0 Å². The van der Waals surface area contributed by atoms with Crippen molar-refractivity contribution in [2.75, 3.05) is 0 Å². The molecule has 0 rings (SSSR count). The lowest BCUT2D eigenvalue weighted by atomic mass is 10.1. The van der Waals surface area contributed by atoms with Crippen molar-refractivity contribution in [1.82, 2.24) is 5.32 Å². The van der Waals surface area contributed by atoms with Crippen LogP contribution in [0.3, 0.4) is 0 Å². The summed E-state index contributed by atoms with van der Waals surface area (Å²) in [5, 5.41) is 2.92. The third-order valence-corrected chi connectivity index (χ3v) is 2.11. The Hall–Kier alpha value is -1.90. The number of rotatable bonds is 7. The van der Waals surface area contributed by atoms with Crippen molar-refractivity contribution >= 4 is 11.6 Å². The van der Waals surface area contributed by atoms with Gasteiger partial charge in [0.1, 0.15) is 0 Å². The molecule has 3 heteroatoms. The smallest absolute Gasteiger partial charge is 0.167 e. The SMILES string of the molecule is C=C/C=C\C(=C/C)N/C=C(/C(C)=O)C(=O)CC. The Kier molecular flexibility index (Phi) is 7.35. The molecule has 0 aromatic heterocycles. The summed E-state index contributed by atoms with van der Waals surface area (Å²) in [6.45, 7) is 8.54. The van der Waals surface area contributed by atoms with Crippen LogP contribution in [-0.4, -0.2) is 11.6 Å². The first-order valence-corrected chi connectivity index (χ1v) is 5.53. The van der Waals surface area contributed by atoms with Gasteiger partial charge in [0.25, 0.3) is 0 Å². The molecule has 0 aromatic rings. The van der Waals surface area contributed by atoms with Crippen LogP contribution in [0.15, 0.2) is 48.4 Å². The van der Waals surface area contributed by atoms with E-state index in [0.717, 1.165) is 5.70 Å². The Balaban J connectivity index is 4.86. The molecule has 0 amide bonds. The van der Waals surface area contributed by atoms with E-state index in [2.05, 4.69) is 11.9 Å². The lowest BCUT2D eigenvalue weighted by Gasteiger charge is -2.04. The van der Waals surface area contributed by atoms with Gasteiger partial charge in [0, 0.05) is 18.3 Å². The number of nitrogens with one attached hydrogen (secondary N) is 1. The predicted octanol–water partition coefficient (Wildman–Crippen LogP) is 2.67. The van der Waals surface area contributed by atoms with E-state index < -0.39 is 0 Å². The van der Waals surface area contributed by atoms with E-state index in [0.29, 0.717) is 6.42 Å². The van der Waals surface area contributed by atoms with Crippen LogP contribution in [0, 0.1) is 0 Å². The quantitative estimate of drug-likeness (QED) is 0.318. The maximum Gasteiger partial charge on any atom is 0.167 e. The molecule has 17 heavy (non-hydrogen) atoms.